The van der Waals surface area contributed by atoms with Crippen molar-refractivity contribution in [1.29, 1.82) is 0 Å². The summed E-state index contributed by atoms with van der Waals surface area (Å²) in [5, 5.41) is 12.7. The Morgan fingerprint density at radius 2 is 1.94 bits per heavy atom. The van der Waals surface area contributed by atoms with Gasteiger partial charge < -0.3 is 19.9 Å². The maximum atomic E-state index is 13.8. The van der Waals surface area contributed by atoms with Crippen molar-refractivity contribution in [3.8, 4) is 5.75 Å². The van der Waals surface area contributed by atoms with Gasteiger partial charge in [-0.2, -0.15) is 0 Å². The van der Waals surface area contributed by atoms with Crippen LogP contribution in [-0.4, -0.2) is 38.5 Å². The van der Waals surface area contributed by atoms with Gasteiger partial charge in [0.2, 0.25) is 5.43 Å². The van der Waals surface area contributed by atoms with Crippen LogP contribution in [0.1, 0.15) is 52.1 Å². The average molecular weight is 447 g/mol. The summed E-state index contributed by atoms with van der Waals surface area (Å²) < 4.78 is 42.2. The van der Waals surface area contributed by atoms with E-state index in [1.54, 1.807) is 4.90 Å². The van der Waals surface area contributed by atoms with Crippen molar-refractivity contribution in [3.63, 3.8) is 0 Å². The Hall–Kier alpha value is -3.30. The number of nitrogens with one attached hydrogen (secondary N) is 1. The summed E-state index contributed by atoms with van der Waals surface area (Å²) in [5.74, 6) is -5.29. The van der Waals surface area contributed by atoms with Gasteiger partial charge in [0, 0.05) is 43.5 Å². The second kappa shape index (κ2) is 7.11. The van der Waals surface area contributed by atoms with Crippen LogP contribution >= 0.6 is 0 Å². The molecular weight excluding hydrogens is 427 g/mol. The molecule has 5 rings (SSSR count). The fourth-order valence-corrected chi connectivity index (χ4v) is 5.45. The van der Waals surface area contributed by atoms with E-state index in [1.165, 1.54) is 10.8 Å². The molecule has 1 aliphatic carbocycles. The molecule has 2 unspecified atom stereocenters. The first-order valence-corrected chi connectivity index (χ1v) is 10.4. The van der Waals surface area contributed by atoms with Gasteiger partial charge >= 0.3 is 0 Å². The zero-order chi connectivity index (χ0) is 22.8. The summed E-state index contributed by atoms with van der Waals surface area (Å²) in [6.07, 6.45) is 4.84. The molecular formula is C22H20F3N3O4. The first-order valence-electron chi connectivity index (χ1n) is 10.4. The molecule has 1 saturated heterocycles. The van der Waals surface area contributed by atoms with Gasteiger partial charge in [0.25, 0.3) is 11.8 Å². The third kappa shape index (κ3) is 3.00. The molecule has 1 spiro atoms. The van der Waals surface area contributed by atoms with Crippen LogP contribution in [-0.2, 0) is 13.1 Å². The van der Waals surface area contributed by atoms with Gasteiger partial charge in [-0.05, 0) is 25.2 Å². The minimum Gasteiger partial charge on any atom is -0.503 e. The second-order valence-corrected chi connectivity index (χ2v) is 8.83. The van der Waals surface area contributed by atoms with Crippen LogP contribution in [0.25, 0.3) is 0 Å². The number of aromatic nitrogens is 1. The van der Waals surface area contributed by atoms with Gasteiger partial charge in [-0.15, -0.1) is 0 Å². The molecule has 1 aromatic carbocycles. The lowest BCUT2D eigenvalue weighted by Gasteiger charge is -2.44. The van der Waals surface area contributed by atoms with E-state index in [4.69, 9.17) is 0 Å². The molecule has 2 aromatic rings. The average Bonchev–Trinajstić information content (AvgIpc) is 2.99. The molecule has 3 heterocycles. The summed E-state index contributed by atoms with van der Waals surface area (Å²) in [6, 6.07) is 0.972. The van der Waals surface area contributed by atoms with E-state index in [0.717, 1.165) is 25.7 Å². The minimum absolute atomic E-state index is 0.152. The van der Waals surface area contributed by atoms with Crippen molar-refractivity contribution in [2.75, 3.05) is 6.54 Å². The number of amides is 2. The Kier molecular flexibility index (Phi) is 4.58. The Morgan fingerprint density at radius 1 is 1.22 bits per heavy atom. The van der Waals surface area contributed by atoms with Crippen LogP contribution in [0.5, 0.6) is 5.75 Å². The summed E-state index contributed by atoms with van der Waals surface area (Å²) in [7, 11) is 0. The van der Waals surface area contributed by atoms with Crippen LogP contribution in [0, 0.1) is 23.4 Å². The van der Waals surface area contributed by atoms with Gasteiger partial charge in [-0.1, -0.05) is 6.42 Å². The van der Waals surface area contributed by atoms with Gasteiger partial charge in [-0.25, -0.2) is 13.2 Å². The van der Waals surface area contributed by atoms with Gasteiger partial charge in [0.15, 0.2) is 11.4 Å². The van der Waals surface area contributed by atoms with Crippen LogP contribution in [0.15, 0.2) is 23.1 Å². The first-order chi connectivity index (χ1) is 15.2. The van der Waals surface area contributed by atoms with Crippen molar-refractivity contribution in [1.82, 2.24) is 14.8 Å². The number of aromatic hydroxyl groups is 1. The molecule has 10 heteroatoms. The smallest absolute Gasteiger partial charge is 0.275 e. The zero-order valence-electron chi connectivity index (χ0n) is 17.0. The quantitative estimate of drug-likeness (QED) is 0.756. The first kappa shape index (κ1) is 20.6. The third-order valence-electron chi connectivity index (χ3n) is 6.88. The standard InChI is InChI=1S/C22H20F3N3O4/c23-12-4-15(24)13(16(25)5-12)7-26-20(31)14-9-27-10-22-3-1-2-11(6-22)8-28(22)21(32)17(27)19(30)18(14)29/h4-5,9,11,30H,1-3,6-8,10H2,(H,26,31). The van der Waals surface area contributed by atoms with Crippen molar-refractivity contribution in [3.05, 3.63) is 62.8 Å². The summed E-state index contributed by atoms with van der Waals surface area (Å²) in [6.45, 7) is 0.306. The second-order valence-electron chi connectivity index (χ2n) is 8.83. The Balaban J connectivity index is 1.46. The SMILES string of the molecule is O=C(NCc1c(F)cc(F)cc1F)c1cn2c(c(O)c1=O)C(=O)N1CC3CCCC1(C3)C2. The molecule has 3 aliphatic rings. The maximum absolute atomic E-state index is 13.8. The number of benzene rings is 1. The number of nitrogens with zero attached hydrogens (tertiary/aromatic N) is 2. The number of halogens is 3. The Morgan fingerprint density at radius 3 is 2.66 bits per heavy atom. The number of hydrogen-bond donors (Lipinski definition) is 2. The molecule has 2 aliphatic heterocycles. The highest BCUT2D eigenvalue weighted by atomic mass is 19.1. The van der Waals surface area contributed by atoms with E-state index in [-0.39, 0.29) is 5.69 Å². The van der Waals surface area contributed by atoms with E-state index >= 15 is 0 Å². The number of hydrogen-bond acceptors (Lipinski definition) is 4. The van der Waals surface area contributed by atoms with E-state index in [2.05, 4.69) is 5.32 Å². The zero-order valence-corrected chi connectivity index (χ0v) is 17.0. The number of rotatable bonds is 3. The van der Waals surface area contributed by atoms with Crippen LogP contribution in [0.3, 0.4) is 0 Å². The van der Waals surface area contributed by atoms with Crippen molar-refractivity contribution < 1.29 is 27.9 Å². The third-order valence-corrected chi connectivity index (χ3v) is 6.88. The minimum atomic E-state index is -1.18. The van der Waals surface area contributed by atoms with Crippen LogP contribution in [0.4, 0.5) is 13.2 Å². The Bertz CT molecular complexity index is 1200. The highest BCUT2D eigenvalue weighted by molar-refractivity contribution is 5.99. The molecule has 32 heavy (non-hydrogen) atoms. The summed E-state index contributed by atoms with van der Waals surface area (Å²) >= 11 is 0. The maximum Gasteiger partial charge on any atom is 0.275 e. The number of carbonyl (C=O) groups is 2. The highest BCUT2D eigenvalue weighted by Crippen LogP contribution is 2.48. The molecule has 2 fully saturated rings. The number of pyridine rings is 1. The number of fused-ring (bicyclic) bond motifs is 2. The molecule has 2 atom stereocenters. The van der Waals surface area contributed by atoms with E-state index in [0.29, 0.717) is 31.1 Å². The van der Waals surface area contributed by atoms with Crippen molar-refractivity contribution >= 4 is 11.8 Å². The molecule has 1 aromatic heterocycles. The monoisotopic (exact) mass is 447 g/mol. The Labute approximate surface area is 180 Å². The number of carbonyl (C=O) groups excluding carboxylic acids is 2. The lowest BCUT2D eigenvalue weighted by atomic mass is 9.79. The van der Waals surface area contributed by atoms with E-state index in [1.807, 2.05) is 0 Å². The topological polar surface area (TPSA) is 91.6 Å². The van der Waals surface area contributed by atoms with Crippen molar-refractivity contribution in [2.24, 2.45) is 5.92 Å². The lowest BCUT2D eigenvalue weighted by molar-refractivity contribution is 0.0419. The highest BCUT2D eigenvalue weighted by Gasteiger charge is 2.53. The van der Waals surface area contributed by atoms with Crippen LogP contribution < -0.4 is 10.7 Å². The predicted molar refractivity (Wildman–Crippen MR) is 106 cm³/mol. The van der Waals surface area contributed by atoms with Crippen LogP contribution in [0.2, 0.25) is 0 Å². The van der Waals surface area contributed by atoms with Gasteiger partial charge in [0.05, 0.1) is 5.54 Å². The van der Waals surface area contributed by atoms with Gasteiger partial charge in [-0.3, -0.25) is 14.4 Å². The normalized spacial score (nSPS) is 23.7. The lowest BCUT2D eigenvalue weighted by Crippen LogP contribution is -2.55. The molecule has 2 N–H and O–H groups in total. The largest absolute Gasteiger partial charge is 0.503 e. The molecule has 2 bridgehead atoms. The molecule has 1 saturated carbocycles. The fraction of sp³-hybridized carbons (Fsp3) is 0.409. The molecule has 168 valence electrons. The molecule has 2 amide bonds. The van der Waals surface area contributed by atoms with Crippen molar-refractivity contribution in [2.45, 2.75) is 44.3 Å². The fourth-order valence-electron chi connectivity index (χ4n) is 5.45. The summed E-state index contributed by atoms with van der Waals surface area (Å²) in [4.78, 5) is 40.1. The van der Waals surface area contributed by atoms with E-state index < -0.39 is 63.7 Å². The predicted octanol–water partition coefficient (Wildman–Crippen LogP) is 2.30. The molecule has 0 radical (unpaired) electrons. The molecule has 7 nitrogen and oxygen atoms in total. The van der Waals surface area contributed by atoms with Gasteiger partial charge in [0.1, 0.15) is 23.0 Å². The summed E-state index contributed by atoms with van der Waals surface area (Å²) in [5.41, 5.74) is -2.61. The van der Waals surface area contributed by atoms with E-state index in [9.17, 15) is 32.7 Å².